The lowest BCUT2D eigenvalue weighted by Gasteiger charge is -2.09. The molecular formula is C20H16Cl2N4. The maximum absolute atomic E-state index is 5.94. The van der Waals surface area contributed by atoms with Crippen LogP contribution in [0.4, 0.5) is 0 Å². The van der Waals surface area contributed by atoms with E-state index in [1.807, 2.05) is 48.5 Å². The molecule has 0 aromatic heterocycles. The molecule has 4 nitrogen and oxygen atoms in total. The van der Waals surface area contributed by atoms with E-state index in [9.17, 15) is 0 Å². The molecule has 0 unspecified atom stereocenters. The van der Waals surface area contributed by atoms with Crippen molar-refractivity contribution >= 4 is 34.6 Å². The SMILES string of the molecule is N/N=C(\c1ccc(Cl)cc1)c1ccc(/C(=N/N)c2ccc(Cl)cc2)cc1. The molecule has 0 aliphatic rings. The van der Waals surface area contributed by atoms with Gasteiger partial charge in [0, 0.05) is 32.3 Å². The second kappa shape index (κ2) is 8.04. The van der Waals surface area contributed by atoms with Gasteiger partial charge in [-0.3, -0.25) is 0 Å². The fourth-order valence-electron chi connectivity index (χ4n) is 2.63. The van der Waals surface area contributed by atoms with Crippen molar-refractivity contribution in [2.24, 2.45) is 21.9 Å². The number of hydrogen-bond donors (Lipinski definition) is 2. The Morgan fingerprint density at radius 2 is 0.731 bits per heavy atom. The van der Waals surface area contributed by atoms with Crippen molar-refractivity contribution in [1.82, 2.24) is 0 Å². The molecule has 0 amide bonds. The summed E-state index contributed by atoms with van der Waals surface area (Å²) in [6, 6.07) is 22.4. The van der Waals surface area contributed by atoms with Crippen molar-refractivity contribution in [3.8, 4) is 0 Å². The Kier molecular flexibility index (Phi) is 5.56. The highest BCUT2D eigenvalue weighted by molar-refractivity contribution is 6.31. The molecule has 0 spiro atoms. The van der Waals surface area contributed by atoms with Gasteiger partial charge >= 0.3 is 0 Å². The van der Waals surface area contributed by atoms with Crippen LogP contribution < -0.4 is 11.7 Å². The van der Waals surface area contributed by atoms with E-state index in [2.05, 4.69) is 10.2 Å². The number of rotatable bonds is 4. The van der Waals surface area contributed by atoms with E-state index >= 15 is 0 Å². The molecule has 0 atom stereocenters. The van der Waals surface area contributed by atoms with E-state index in [1.54, 1.807) is 24.3 Å². The zero-order valence-electron chi connectivity index (χ0n) is 13.7. The third-order valence-corrected chi connectivity index (χ3v) is 4.43. The van der Waals surface area contributed by atoms with Gasteiger partial charge in [-0.2, -0.15) is 10.2 Å². The second-order valence-electron chi connectivity index (χ2n) is 5.55. The summed E-state index contributed by atoms with van der Waals surface area (Å²) >= 11 is 11.9. The van der Waals surface area contributed by atoms with Gasteiger partial charge < -0.3 is 11.7 Å². The maximum Gasteiger partial charge on any atom is 0.0971 e. The van der Waals surface area contributed by atoms with Crippen LogP contribution in [-0.2, 0) is 0 Å². The third-order valence-electron chi connectivity index (χ3n) is 3.93. The van der Waals surface area contributed by atoms with E-state index in [4.69, 9.17) is 34.9 Å². The number of benzene rings is 3. The van der Waals surface area contributed by atoms with Crippen molar-refractivity contribution in [2.45, 2.75) is 0 Å². The average Bonchev–Trinajstić information content (AvgIpc) is 2.67. The lowest BCUT2D eigenvalue weighted by Crippen LogP contribution is -2.09. The molecule has 3 rings (SSSR count). The molecule has 0 saturated heterocycles. The standard InChI is InChI=1S/C20H16Cl2N4/c21-17-9-5-15(6-10-17)19(25-23)13-1-2-14(4-3-13)20(26-24)16-7-11-18(22)12-8-16/h1-12H,23-24H2/b25-19-,26-20-. The van der Waals surface area contributed by atoms with Gasteiger partial charge in [-0.25, -0.2) is 0 Å². The lowest BCUT2D eigenvalue weighted by atomic mass is 9.97. The van der Waals surface area contributed by atoms with Crippen molar-refractivity contribution in [2.75, 3.05) is 0 Å². The Labute approximate surface area is 161 Å². The molecule has 0 aliphatic heterocycles. The van der Waals surface area contributed by atoms with Crippen LogP contribution in [0.2, 0.25) is 10.0 Å². The van der Waals surface area contributed by atoms with Crippen LogP contribution in [-0.4, -0.2) is 11.4 Å². The normalized spacial score (nSPS) is 12.2. The highest BCUT2D eigenvalue weighted by Gasteiger charge is 2.10. The Morgan fingerprint density at radius 1 is 0.500 bits per heavy atom. The third kappa shape index (κ3) is 3.87. The van der Waals surface area contributed by atoms with Gasteiger partial charge in [0.2, 0.25) is 0 Å². The van der Waals surface area contributed by atoms with Crippen LogP contribution >= 0.6 is 23.2 Å². The monoisotopic (exact) mass is 382 g/mol. The number of hydrogen-bond acceptors (Lipinski definition) is 4. The van der Waals surface area contributed by atoms with Gasteiger partial charge in [0.05, 0.1) is 11.4 Å². The first-order valence-electron chi connectivity index (χ1n) is 7.81. The van der Waals surface area contributed by atoms with Crippen LogP contribution in [0.1, 0.15) is 22.3 Å². The first-order valence-corrected chi connectivity index (χ1v) is 8.56. The van der Waals surface area contributed by atoms with Gasteiger partial charge in [0.1, 0.15) is 0 Å². The highest BCUT2D eigenvalue weighted by Crippen LogP contribution is 2.18. The summed E-state index contributed by atoms with van der Waals surface area (Å²) in [5.41, 5.74) is 4.87. The van der Waals surface area contributed by atoms with Gasteiger partial charge in [0.25, 0.3) is 0 Å². The van der Waals surface area contributed by atoms with Gasteiger partial charge in [0.15, 0.2) is 0 Å². The minimum Gasteiger partial charge on any atom is -0.323 e. The van der Waals surface area contributed by atoms with Gasteiger partial charge in [-0.05, 0) is 24.3 Å². The summed E-state index contributed by atoms with van der Waals surface area (Å²) in [4.78, 5) is 0. The second-order valence-corrected chi connectivity index (χ2v) is 6.42. The average molecular weight is 383 g/mol. The molecule has 0 heterocycles. The minimum atomic E-state index is 0.659. The molecule has 26 heavy (non-hydrogen) atoms. The zero-order valence-corrected chi connectivity index (χ0v) is 15.2. The van der Waals surface area contributed by atoms with E-state index in [0.717, 1.165) is 22.3 Å². The van der Waals surface area contributed by atoms with Crippen LogP contribution in [0.5, 0.6) is 0 Å². The minimum absolute atomic E-state index is 0.659. The summed E-state index contributed by atoms with van der Waals surface area (Å²) in [6.45, 7) is 0. The van der Waals surface area contributed by atoms with Crippen molar-refractivity contribution in [3.05, 3.63) is 105 Å². The molecule has 6 heteroatoms. The fourth-order valence-corrected chi connectivity index (χ4v) is 2.88. The van der Waals surface area contributed by atoms with E-state index in [-0.39, 0.29) is 0 Å². The molecule has 0 fully saturated rings. The zero-order chi connectivity index (χ0) is 18.5. The smallest absolute Gasteiger partial charge is 0.0971 e. The van der Waals surface area contributed by atoms with Crippen LogP contribution in [0, 0.1) is 0 Å². The Hall–Kier alpha value is -2.82. The largest absolute Gasteiger partial charge is 0.323 e. The van der Waals surface area contributed by atoms with E-state index in [0.29, 0.717) is 21.5 Å². The number of hydrazone groups is 2. The summed E-state index contributed by atoms with van der Waals surface area (Å²) < 4.78 is 0. The van der Waals surface area contributed by atoms with Crippen LogP contribution in [0.3, 0.4) is 0 Å². The maximum atomic E-state index is 5.94. The lowest BCUT2D eigenvalue weighted by molar-refractivity contribution is 1.24. The first-order chi connectivity index (χ1) is 12.6. The molecule has 0 bridgehead atoms. The first kappa shape index (κ1) is 18.0. The molecule has 130 valence electrons. The Balaban J connectivity index is 1.92. The molecule has 3 aromatic rings. The number of nitrogens with two attached hydrogens (primary N) is 2. The van der Waals surface area contributed by atoms with Gasteiger partial charge in [-0.15, -0.1) is 0 Å². The molecule has 0 aliphatic carbocycles. The summed E-state index contributed by atoms with van der Waals surface area (Å²) in [5, 5.41) is 9.17. The number of nitrogens with zero attached hydrogens (tertiary/aromatic N) is 2. The predicted molar refractivity (Wildman–Crippen MR) is 109 cm³/mol. The van der Waals surface area contributed by atoms with Crippen molar-refractivity contribution < 1.29 is 0 Å². The van der Waals surface area contributed by atoms with E-state index in [1.165, 1.54) is 0 Å². The van der Waals surface area contributed by atoms with Gasteiger partial charge in [-0.1, -0.05) is 71.7 Å². The molecule has 3 aromatic carbocycles. The fraction of sp³-hybridized carbons (Fsp3) is 0. The number of halogens is 2. The van der Waals surface area contributed by atoms with E-state index < -0.39 is 0 Å². The molecule has 0 radical (unpaired) electrons. The summed E-state index contributed by atoms with van der Waals surface area (Å²) in [5.74, 6) is 11.2. The van der Waals surface area contributed by atoms with Crippen molar-refractivity contribution in [3.63, 3.8) is 0 Å². The molecule has 4 N–H and O–H groups in total. The topological polar surface area (TPSA) is 76.8 Å². The quantitative estimate of drug-likeness (QED) is 0.398. The Bertz CT molecular complexity index is 864. The summed E-state index contributed by atoms with van der Waals surface area (Å²) in [6.07, 6.45) is 0. The highest BCUT2D eigenvalue weighted by atomic mass is 35.5. The summed E-state index contributed by atoms with van der Waals surface area (Å²) in [7, 11) is 0. The van der Waals surface area contributed by atoms with Crippen LogP contribution in [0.25, 0.3) is 0 Å². The van der Waals surface area contributed by atoms with Crippen LogP contribution in [0.15, 0.2) is 83.0 Å². The molecule has 0 saturated carbocycles. The Morgan fingerprint density at radius 3 is 0.962 bits per heavy atom. The van der Waals surface area contributed by atoms with Crippen molar-refractivity contribution in [1.29, 1.82) is 0 Å². The predicted octanol–water partition coefficient (Wildman–Crippen LogP) is 4.42. The molecular weight excluding hydrogens is 367 g/mol.